The normalized spacial score (nSPS) is 16.2. The highest BCUT2D eigenvalue weighted by molar-refractivity contribution is 14.0. The van der Waals surface area contributed by atoms with Gasteiger partial charge in [0.1, 0.15) is 5.60 Å². The topological polar surface area (TPSA) is 75.2 Å². The number of halogens is 1. The second kappa shape index (κ2) is 12.6. The third-order valence-corrected chi connectivity index (χ3v) is 3.52. The summed E-state index contributed by atoms with van der Waals surface area (Å²) in [4.78, 5) is 18.5. The minimum absolute atomic E-state index is 0. The van der Waals surface area contributed by atoms with Gasteiger partial charge in [0, 0.05) is 32.8 Å². The molecule has 0 bridgehead atoms. The van der Waals surface area contributed by atoms with Crippen LogP contribution in [0.25, 0.3) is 0 Å². The summed E-state index contributed by atoms with van der Waals surface area (Å²) < 4.78 is 10.9. The largest absolute Gasteiger partial charge is 0.444 e. The predicted octanol–water partition coefficient (Wildman–Crippen LogP) is 2.60. The fourth-order valence-electron chi connectivity index (χ4n) is 2.53. The molecule has 1 rings (SSSR count). The summed E-state index contributed by atoms with van der Waals surface area (Å²) in [6.07, 6.45) is 2.01. The van der Waals surface area contributed by atoms with Gasteiger partial charge in [-0.25, -0.2) is 4.79 Å². The van der Waals surface area contributed by atoms with E-state index < -0.39 is 11.7 Å². The molecule has 1 aliphatic heterocycles. The number of alkyl carbamates (subject to hydrolysis) is 1. The first-order valence-corrected chi connectivity index (χ1v) is 8.97. The Kier molecular flexibility index (Phi) is 12.2. The number of ether oxygens (including phenoxy) is 2. The van der Waals surface area contributed by atoms with E-state index in [0.717, 1.165) is 45.0 Å². The van der Waals surface area contributed by atoms with Crippen LogP contribution in [0.1, 0.15) is 47.5 Å². The number of rotatable bonds is 6. The monoisotopic (exact) mass is 470 g/mol. The molecule has 0 aromatic rings. The molecule has 1 amide bonds. The van der Waals surface area contributed by atoms with Crippen LogP contribution in [0.3, 0.4) is 0 Å². The van der Waals surface area contributed by atoms with Gasteiger partial charge in [0.25, 0.3) is 0 Å². The first-order chi connectivity index (χ1) is 11.4. The van der Waals surface area contributed by atoms with Crippen molar-refractivity contribution in [2.24, 2.45) is 4.99 Å². The molecule has 0 aromatic carbocycles. The lowest BCUT2D eigenvalue weighted by Gasteiger charge is -2.34. The number of guanidine groups is 1. The van der Waals surface area contributed by atoms with E-state index >= 15 is 0 Å². The number of carbonyl (C=O) groups is 1. The molecule has 1 fully saturated rings. The van der Waals surface area contributed by atoms with E-state index in [0.29, 0.717) is 19.2 Å². The molecule has 1 heterocycles. The number of hydrogen-bond acceptors (Lipinski definition) is 4. The molecule has 0 aliphatic carbocycles. The average molecular weight is 470 g/mol. The molecule has 0 unspecified atom stereocenters. The molecule has 0 saturated carbocycles. The minimum atomic E-state index is -0.479. The second-order valence-electron chi connectivity index (χ2n) is 6.81. The van der Waals surface area contributed by atoms with Crippen LogP contribution in [-0.2, 0) is 9.47 Å². The number of nitrogens with one attached hydrogen (secondary N) is 2. The number of amides is 1. The molecule has 0 atom stereocenters. The van der Waals surface area contributed by atoms with Crippen molar-refractivity contribution in [3.05, 3.63) is 0 Å². The first-order valence-electron chi connectivity index (χ1n) is 8.97. The van der Waals surface area contributed by atoms with Crippen LogP contribution in [0, 0.1) is 0 Å². The predicted molar refractivity (Wildman–Crippen MR) is 112 cm³/mol. The molecule has 25 heavy (non-hydrogen) atoms. The number of hydrogen-bond donors (Lipinski definition) is 2. The van der Waals surface area contributed by atoms with Crippen LogP contribution >= 0.6 is 24.0 Å². The average Bonchev–Trinajstić information content (AvgIpc) is 2.50. The molecule has 0 radical (unpaired) electrons. The zero-order valence-corrected chi connectivity index (χ0v) is 18.6. The van der Waals surface area contributed by atoms with Crippen LogP contribution in [-0.4, -0.2) is 68.0 Å². The van der Waals surface area contributed by atoms with Crippen LogP contribution in [0.5, 0.6) is 0 Å². The Morgan fingerprint density at radius 3 is 2.36 bits per heavy atom. The Morgan fingerprint density at radius 1 is 1.20 bits per heavy atom. The Balaban J connectivity index is 0.00000576. The fourth-order valence-corrected chi connectivity index (χ4v) is 2.53. The van der Waals surface area contributed by atoms with Crippen LogP contribution in [0.2, 0.25) is 0 Å². The van der Waals surface area contributed by atoms with Crippen LogP contribution in [0.4, 0.5) is 4.79 Å². The van der Waals surface area contributed by atoms with E-state index in [1.165, 1.54) is 0 Å². The number of aliphatic imine (C=N–C) groups is 1. The maximum Gasteiger partial charge on any atom is 0.407 e. The van der Waals surface area contributed by atoms with Gasteiger partial charge in [0.2, 0.25) is 0 Å². The maximum absolute atomic E-state index is 11.6. The van der Waals surface area contributed by atoms with Gasteiger partial charge in [-0.1, -0.05) is 0 Å². The summed E-state index contributed by atoms with van der Waals surface area (Å²) in [6, 6.07) is 0. The van der Waals surface area contributed by atoms with Gasteiger partial charge in [0.05, 0.1) is 12.6 Å². The summed E-state index contributed by atoms with van der Waals surface area (Å²) in [5, 5.41) is 6.05. The van der Waals surface area contributed by atoms with E-state index in [2.05, 4.69) is 27.4 Å². The molecule has 7 nitrogen and oxygen atoms in total. The van der Waals surface area contributed by atoms with Gasteiger partial charge >= 0.3 is 6.09 Å². The van der Waals surface area contributed by atoms with E-state index in [4.69, 9.17) is 9.47 Å². The number of carbonyl (C=O) groups excluding carboxylic acids is 1. The highest BCUT2D eigenvalue weighted by Crippen LogP contribution is 2.13. The molecule has 2 N–H and O–H groups in total. The van der Waals surface area contributed by atoms with Crippen molar-refractivity contribution in [2.45, 2.75) is 59.2 Å². The zero-order chi connectivity index (χ0) is 18.0. The van der Waals surface area contributed by atoms with E-state index in [1.807, 2.05) is 27.7 Å². The van der Waals surface area contributed by atoms with Gasteiger partial charge in [0.15, 0.2) is 5.96 Å². The molecule has 0 aromatic heterocycles. The molecule has 0 spiro atoms. The second-order valence-corrected chi connectivity index (χ2v) is 6.81. The summed E-state index contributed by atoms with van der Waals surface area (Å²) in [5.74, 6) is 0.901. The first kappa shape index (κ1) is 24.2. The molecule has 1 saturated heterocycles. The lowest BCUT2D eigenvalue weighted by Crippen LogP contribution is -2.47. The van der Waals surface area contributed by atoms with Crippen molar-refractivity contribution in [2.75, 3.05) is 39.3 Å². The zero-order valence-electron chi connectivity index (χ0n) is 16.3. The van der Waals surface area contributed by atoms with E-state index in [9.17, 15) is 4.79 Å². The number of piperidine rings is 1. The Morgan fingerprint density at radius 2 is 1.84 bits per heavy atom. The maximum atomic E-state index is 11.6. The lowest BCUT2D eigenvalue weighted by molar-refractivity contribution is 0.0263. The molecule has 148 valence electrons. The third-order valence-electron chi connectivity index (χ3n) is 3.52. The summed E-state index contributed by atoms with van der Waals surface area (Å²) >= 11 is 0. The van der Waals surface area contributed by atoms with Gasteiger partial charge in [-0.05, 0) is 47.5 Å². The van der Waals surface area contributed by atoms with E-state index in [1.54, 1.807) is 0 Å². The van der Waals surface area contributed by atoms with Gasteiger partial charge in [-0.3, -0.25) is 4.99 Å². The minimum Gasteiger partial charge on any atom is -0.444 e. The smallest absolute Gasteiger partial charge is 0.407 e. The Bertz CT molecular complexity index is 405. The third kappa shape index (κ3) is 10.7. The van der Waals surface area contributed by atoms with Crippen molar-refractivity contribution in [1.82, 2.24) is 15.5 Å². The Hall–Kier alpha value is -0.770. The summed E-state index contributed by atoms with van der Waals surface area (Å²) in [7, 11) is 0. The fraction of sp³-hybridized carbons (Fsp3) is 0.882. The highest BCUT2D eigenvalue weighted by Gasteiger charge is 2.21. The van der Waals surface area contributed by atoms with Crippen molar-refractivity contribution < 1.29 is 14.3 Å². The summed E-state index contributed by atoms with van der Waals surface area (Å²) in [5.41, 5.74) is -0.479. The molecule has 1 aliphatic rings. The van der Waals surface area contributed by atoms with Crippen LogP contribution in [0.15, 0.2) is 4.99 Å². The van der Waals surface area contributed by atoms with Gasteiger partial charge in [-0.2, -0.15) is 0 Å². The standard InChI is InChI=1S/C17H34N4O3.HI/c1-6-18-15(21-12-8-14(9-13-21)23-7-2)19-10-11-20-16(22)24-17(3,4)5;/h14H,6-13H2,1-5H3,(H,18,19)(H,20,22);1H. The van der Waals surface area contributed by atoms with Crippen LogP contribution < -0.4 is 10.6 Å². The SMILES string of the molecule is CCNC(=NCCNC(=O)OC(C)(C)C)N1CCC(OCC)CC1.I. The van der Waals surface area contributed by atoms with Crippen molar-refractivity contribution in [3.63, 3.8) is 0 Å². The van der Waals surface area contributed by atoms with Crippen molar-refractivity contribution in [3.8, 4) is 0 Å². The van der Waals surface area contributed by atoms with Gasteiger partial charge < -0.3 is 25.0 Å². The molecular weight excluding hydrogens is 435 g/mol. The quantitative estimate of drug-likeness (QED) is 0.270. The summed E-state index contributed by atoms with van der Waals surface area (Å²) in [6.45, 7) is 14.1. The van der Waals surface area contributed by atoms with Gasteiger partial charge in [-0.15, -0.1) is 24.0 Å². The molecular formula is C17H35IN4O3. The van der Waals surface area contributed by atoms with Crippen molar-refractivity contribution in [1.29, 1.82) is 0 Å². The van der Waals surface area contributed by atoms with Crippen molar-refractivity contribution >= 4 is 36.0 Å². The number of nitrogens with zero attached hydrogens (tertiary/aromatic N) is 2. The highest BCUT2D eigenvalue weighted by atomic mass is 127. The molecule has 8 heteroatoms. The Labute approximate surface area is 169 Å². The van der Waals surface area contributed by atoms with E-state index in [-0.39, 0.29) is 24.0 Å². The number of likely N-dealkylation sites (tertiary alicyclic amines) is 1. The lowest BCUT2D eigenvalue weighted by atomic mass is 10.1.